The molecule has 0 unspecified atom stereocenters. The molecule has 0 radical (unpaired) electrons. The summed E-state index contributed by atoms with van der Waals surface area (Å²) < 4.78 is 9.91. The summed E-state index contributed by atoms with van der Waals surface area (Å²) in [4.78, 5) is 30.0. The van der Waals surface area contributed by atoms with E-state index >= 15 is 0 Å². The number of benzene rings is 1. The zero-order valence-corrected chi connectivity index (χ0v) is 14.2. The summed E-state index contributed by atoms with van der Waals surface area (Å²) in [6, 6.07) is 9.08. The number of esters is 1. The number of hydrogen-bond donors (Lipinski definition) is 0. The van der Waals surface area contributed by atoms with Gasteiger partial charge in [-0.15, -0.1) is 0 Å². The topological polar surface area (TPSA) is 72.6 Å². The highest BCUT2D eigenvalue weighted by Crippen LogP contribution is 2.13. The molecule has 0 saturated heterocycles. The number of amides is 1. The first kappa shape index (κ1) is 17.7. The molecule has 1 aromatic carbocycles. The highest BCUT2D eigenvalue weighted by molar-refractivity contribution is 5.94. The summed E-state index contributed by atoms with van der Waals surface area (Å²) in [6.07, 6.45) is 2.11. The number of carbonyl (C=O) groups is 2. The SMILES string of the molecule is COC(=O)c1coc(CN(CCC(C)C)C(=O)c2ccccc2)n1. The molecule has 0 bridgehead atoms. The summed E-state index contributed by atoms with van der Waals surface area (Å²) in [6.45, 7) is 5.00. The first-order valence-corrected chi connectivity index (χ1v) is 7.88. The van der Waals surface area contributed by atoms with E-state index in [1.807, 2.05) is 18.2 Å². The molecular weight excluding hydrogens is 308 g/mol. The third-order valence-corrected chi connectivity index (χ3v) is 3.56. The van der Waals surface area contributed by atoms with Crippen LogP contribution in [0.3, 0.4) is 0 Å². The Morgan fingerprint density at radius 2 is 1.96 bits per heavy atom. The minimum atomic E-state index is -0.562. The Balaban J connectivity index is 2.15. The molecular formula is C18H22N2O4. The second kappa shape index (κ2) is 8.29. The van der Waals surface area contributed by atoms with Gasteiger partial charge < -0.3 is 14.1 Å². The number of hydrogen-bond acceptors (Lipinski definition) is 5. The van der Waals surface area contributed by atoms with Crippen LogP contribution in [-0.2, 0) is 11.3 Å². The highest BCUT2D eigenvalue weighted by Gasteiger charge is 2.20. The van der Waals surface area contributed by atoms with Gasteiger partial charge in [-0.2, -0.15) is 0 Å². The zero-order valence-electron chi connectivity index (χ0n) is 14.2. The van der Waals surface area contributed by atoms with E-state index in [0.29, 0.717) is 23.9 Å². The standard InChI is InChI=1S/C18H22N2O4/c1-13(2)9-10-20(17(21)14-7-5-4-6-8-14)11-16-19-15(12-24-16)18(22)23-3/h4-8,12-13H,9-11H2,1-3H3. The fourth-order valence-corrected chi connectivity index (χ4v) is 2.17. The minimum Gasteiger partial charge on any atom is -0.464 e. The molecule has 0 spiro atoms. The van der Waals surface area contributed by atoms with Crippen LogP contribution in [0.25, 0.3) is 0 Å². The van der Waals surface area contributed by atoms with E-state index in [4.69, 9.17) is 4.42 Å². The van der Waals surface area contributed by atoms with E-state index in [0.717, 1.165) is 6.42 Å². The zero-order chi connectivity index (χ0) is 17.5. The monoisotopic (exact) mass is 330 g/mol. The van der Waals surface area contributed by atoms with Crippen molar-refractivity contribution in [1.82, 2.24) is 9.88 Å². The molecule has 0 fully saturated rings. The Hall–Kier alpha value is -2.63. The number of oxazole rings is 1. The molecule has 0 aliphatic heterocycles. The fourth-order valence-electron chi connectivity index (χ4n) is 2.17. The van der Waals surface area contributed by atoms with Crippen LogP contribution in [0.2, 0.25) is 0 Å². The van der Waals surface area contributed by atoms with Crippen molar-refractivity contribution in [3.8, 4) is 0 Å². The predicted octanol–water partition coefficient (Wildman–Crippen LogP) is 3.15. The second-order valence-corrected chi connectivity index (χ2v) is 5.89. The van der Waals surface area contributed by atoms with E-state index in [9.17, 15) is 9.59 Å². The van der Waals surface area contributed by atoms with Crippen molar-refractivity contribution in [3.05, 3.63) is 53.7 Å². The molecule has 0 aliphatic rings. The number of ether oxygens (including phenoxy) is 1. The summed E-state index contributed by atoms with van der Waals surface area (Å²) in [7, 11) is 1.28. The lowest BCUT2D eigenvalue weighted by Crippen LogP contribution is -2.32. The van der Waals surface area contributed by atoms with Gasteiger partial charge in [0.25, 0.3) is 5.91 Å². The summed E-state index contributed by atoms with van der Waals surface area (Å²) in [5.41, 5.74) is 0.712. The maximum Gasteiger partial charge on any atom is 0.360 e. The molecule has 6 nitrogen and oxygen atoms in total. The van der Waals surface area contributed by atoms with Crippen LogP contribution in [0.4, 0.5) is 0 Å². The highest BCUT2D eigenvalue weighted by atomic mass is 16.5. The fraction of sp³-hybridized carbons (Fsp3) is 0.389. The normalized spacial score (nSPS) is 10.7. The van der Waals surface area contributed by atoms with E-state index in [2.05, 4.69) is 23.6 Å². The molecule has 6 heteroatoms. The lowest BCUT2D eigenvalue weighted by atomic mass is 10.1. The molecule has 0 aliphatic carbocycles. The molecule has 0 saturated carbocycles. The molecule has 24 heavy (non-hydrogen) atoms. The van der Waals surface area contributed by atoms with Gasteiger partial charge in [-0.1, -0.05) is 32.0 Å². The van der Waals surface area contributed by atoms with Gasteiger partial charge in [0.2, 0.25) is 5.89 Å². The minimum absolute atomic E-state index is 0.0888. The van der Waals surface area contributed by atoms with E-state index in [1.54, 1.807) is 17.0 Å². The molecule has 1 aromatic heterocycles. The maximum absolute atomic E-state index is 12.7. The van der Waals surface area contributed by atoms with Gasteiger partial charge in [0.1, 0.15) is 6.26 Å². The van der Waals surface area contributed by atoms with Gasteiger partial charge in [0.15, 0.2) is 5.69 Å². The van der Waals surface area contributed by atoms with Gasteiger partial charge >= 0.3 is 5.97 Å². The summed E-state index contributed by atoms with van der Waals surface area (Å²) in [5, 5.41) is 0. The van der Waals surface area contributed by atoms with Crippen LogP contribution >= 0.6 is 0 Å². The molecule has 1 amide bonds. The van der Waals surface area contributed by atoms with E-state index in [-0.39, 0.29) is 18.1 Å². The molecule has 2 rings (SSSR count). The second-order valence-electron chi connectivity index (χ2n) is 5.89. The number of carbonyl (C=O) groups excluding carboxylic acids is 2. The van der Waals surface area contributed by atoms with Crippen molar-refractivity contribution in [3.63, 3.8) is 0 Å². The number of aromatic nitrogens is 1. The van der Waals surface area contributed by atoms with Crippen molar-refractivity contribution in [2.45, 2.75) is 26.8 Å². The number of methoxy groups -OCH3 is 1. The van der Waals surface area contributed by atoms with Crippen molar-refractivity contribution >= 4 is 11.9 Å². The summed E-state index contributed by atoms with van der Waals surface area (Å²) in [5.74, 6) is 0.122. The van der Waals surface area contributed by atoms with Gasteiger partial charge in [-0.05, 0) is 24.5 Å². The van der Waals surface area contributed by atoms with E-state index < -0.39 is 5.97 Å². The largest absolute Gasteiger partial charge is 0.464 e. The Morgan fingerprint density at radius 1 is 1.25 bits per heavy atom. The quantitative estimate of drug-likeness (QED) is 0.729. The molecule has 2 aromatic rings. The smallest absolute Gasteiger partial charge is 0.360 e. The van der Waals surface area contributed by atoms with Crippen LogP contribution in [0.5, 0.6) is 0 Å². The molecule has 1 heterocycles. The van der Waals surface area contributed by atoms with Crippen LogP contribution in [0, 0.1) is 5.92 Å². The first-order chi connectivity index (χ1) is 11.5. The van der Waals surface area contributed by atoms with Crippen LogP contribution in [0.15, 0.2) is 41.0 Å². The van der Waals surface area contributed by atoms with Crippen LogP contribution in [-0.4, -0.2) is 35.4 Å². The predicted molar refractivity (Wildman–Crippen MR) is 88.5 cm³/mol. The van der Waals surface area contributed by atoms with Gasteiger partial charge in [0, 0.05) is 12.1 Å². The maximum atomic E-state index is 12.7. The Bertz CT molecular complexity index is 679. The molecule has 0 atom stereocenters. The third-order valence-electron chi connectivity index (χ3n) is 3.56. The Morgan fingerprint density at radius 3 is 2.58 bits per heavy atom. The summed E-state index contributed by atoms with van der Waals surface area (Å²) >= 11 is 0. The van der Waals surface area contributed by atoms with Gasteiger partial charge in [-0.3, -0.25) is 4.79 Å². The molecule has 0 N–H and O–H groups in total. The first-order valence-electron chi connectivity index (χ1n) is 7.88. The number of rotatable bonds is 7. The Kier molecular flexibility index (Phi) is 6.12. The Labute approximate surface area is 141 Å². The average Bonchev–Trinajstić information content (AvgIpc) is 3.06. The van der Waals surface area contributed by atoms with Crippen molar-refractivity contribution in [2.24, 2.45) is 5.92 Å². The number of nitrogens with zero attached hydrogens (tertiary/aromatic N) is 2. The van der Waals surface area contributed by atoms with Crippen LogP contribution < -0.4 is 0 Å². The lowest BCUT2D eigenvalue weighted by molar-refractivity contribution is 0.0594. The van der Waals surface area contributed by atoms with Gasteiger partial charge in [0.05, 0.1) is 13.7 Å². The molecule has 128 valence electrons. The van der Waals surface area contributed by atoms with E-state index in [1.165, 1.54) is 13.4 Å². The van der Waals surface area contributed by atoms with Crippen molar-refractivity contribution in [1.29, 1.82) is 0 Å². The van der Waals surface area contributed by atoms with Crippen LogP contribution in [0.1, 0.15) is 47.0 Å². The third kappa shape index (κ3) is 4.68. The van der Waals surface area contributed by atoms with Crippen molar-refractivity contribution < 1.29 is 18.7 Å². The lowest BCUT2D eigenvalue weighted by Gasteiger charge is -2.22. The van der Waals surface area contributed by atoms with Gasteiger partial charge in [-0.25, -0.2) is 9.78 Å². The van der Waals surface area contributed by atoms with Crippen molar-refractivity contribution in [2.75, 3.05) is 13.7 Å². The average molecular weight is 330 g/mol.